The summed E-state index contributed by atoms with van der Waals surface area (Å²) in [4.78, 5) is 12.0. The first-order valence-electron chi connectivity index (χ1n) is 6.77. The highest BCUT2D eigenvalue weighted by molar-refractivity contribution is 5.76. The lowest BCUT2D eigenvalue weighted by Gasteiger charge is -2.27. The van der Waals surface area contributed by atoms with Gasteiger partial charge in [0.25, 0.3) is 0 Å². The number of aromatic nitrogens is 4. The van der Waals surface area contributed by atoms with E-state index in [-0.39, 0.29) is 24.4 Å². The smallest absolute Gasteiger partial charge is 0.242 e. The first-order valence-corrected chi connectivity index (χ1v) is 6.77. The molecule has 0 fully saturated rings. The highest BCUT2D eigenvalue weighted by atomic mass is 16.5. The molecule has 2 aromatic rings. The minimum Gasteiger partial charge on any atom is -0.493 e. The molecule has 116 valence electrons. The highest BCUT2D eigenvalue weighted by Gasteiger charge is 2.24. The molecule has 1 amide bonds. The van der Waals surface area contributed by atoms with E-state index in [1.165, 1.54) is 4.68 Å². The number of nitrogens with one attached hydrogen (secondary N) is 1. The predicted molar refractivity (Wildman–Crippen MR) is 76.4 cm³/mol. The largest absolute Gasteiger partial charge is 0.493 e. The molecule has 0 aliphatic carbocycles. The fourth-order valence-electron chi connectivity index (χ4n) is 2.38. The van der Waals surface area contributed by atoms with E-state index in [2.05, 4.69) is 20.8 Å². The van der Waals surface area contributed by atoms with Crippen molar-refractivity contribution in [2.75, 3.05) is 19.5 Å². The molecule has 1 atom stereocenters. The van der Waals surface area contributed by atoms with Gasteiger partial charge in [-0.05, 0) is 22.9 Å². The summed E-state index contributed by atoms with van der Waals surface area (Å²) >= 11 is 0. The van der Waals surface area contributed by atoms with Crippen molar-refractivity contribution in [3.8, 4) is 11.5 Å². The van der Waals surface area contributed by atoms with Gasteiger partial charge >= 0.3 is 0 Å². The van der Waals surface area contributed by atoms with Gasteiger partial charge in [0.1, 0.15) is 13.2 Å². The number of fused-ring (bicyclic) bond motifs is 1. The summed E-state index contributed by atoms with van der Waals surface area (Å²) in [5, 5.41) is 13.4. The van der Waals surface area contributed by atoms with Gasteiger partial charge < -0.3 is 20.5 Å². The molecule has 1 unspecified atom stereocenters. The number of anilines is 1. The highest BCUT2D eigenvalue weighted by Crippen LogP contribution is 2.34. The summed E-state index contributed by atoms with van der Waals surface area (Å²) < 4.78 is 12.2. The monoisotopic (exact) mass is 304 g/mol. The zero-order chi connectivity index (χ0) is 15.5. The van der Waals surface area contributed by atoms with Crippen LogP contribution in [0, 0.1) is 0 Å². The van der Waals surface area contributed by atoms with Crippen LogP contribution in [0.4, 0.5) is 5.95 Å². The van der Waals surface area contributed by atoms with Gasteiger partial charge in [0.05, 0.1) is 13.2 Å². The number of tetrazole rings is 1. The Kier molecular flexibility index (Phi) is 3.77. The van der Waals surface area contributed by atoms with Crippen LogP contribution in [0.2, 0.25) is 0 Å². The van der Waals surface area contributed by atoms with E-state index in [9.17, 15) is 4.79 Å². The zero-order valence-corrected chi connectivity index (χ0v) is 12.0. The predicted octanol–water partition coefficient (Wildman–Crippen LogP) is -0.616. The molecule has 3 N–H and O–H groups in total. The average Bonchev–Trinajstić information content (AvgIpc) is 2.91. The van der Waals surface area contributed by atoms with Gasteiger partial charge in [0.15, 0.2) is 11.5 Å². The number of benzene rings is 1. The average molecular weight is 304 g/mol. The first kappa shape index (κ1) is 14.1. The van der Waals surface area contributed by atoms with Gasteiger partial charge in [-0.3, -0.25) is 4.79 Å². The molecule has 0 saturated heterocycles. The molecule has 0 spiro atoms. The van der Waals surface area contributed by atoms with Crippen molar-refractivity contribution in [3.05, 3.63) is 23.8 Å². The zero-order valence-electron chi connectivity index (χ0n) is 12.0. The second-order valence-electron chi connectivity index (χ2n) is 4.92. The van der Waals surface area contributed by atoms with Crippen LogP contribution in [0.5, 0.6) is 11.5 Å². The van der Waals surface area contributed by atoms with E-state index >= 15 is 0 Å². The number of amides is 1. The van der Waals surface area contributed by atoms with E-state index in [1.807, 2.05) is 18.2 Å². The number of carbonyl (C=O) groups excluding carboxylic acids is 1. The molecule has 3 rings (SSSR count). The Morgan fingerprint density at radius 1 is 1.59 bits per heavy atom. The van der Waals surface area contributed by atoms with Crippen LogP contribution >= 0.6 is 0 Å². The van der Waals surface area contributed by atoms with Crippen molar-refractivity contribution < 1.29 is 14.3 Å². The van der Waals surface area contributed by atoms with Crippen molar-refractivity contribution in [1.29, 1.82) is 0 Å². The number of nitrogens with two attached hydrogens (primary N) is 1. The minimum absolute atomic E-state index is 0.0275. The fraction of sp³-hybridized carbons (Fsp3) is 0.385. The molecule has 1 aromatic heterocycles. The number of carbonyl (C=O) groups is 1. The molecule has 0 bridgehead atoms. The number of para-hydroxylation sites is 1. The normalized spacial score (nSPS) is 16.5. The maximum absolute atomic E-state index is 12.0. The van der Waals surface area contributed by atoms with E-state index in [0.29, 0.717) is 18.8 Å². The molecule has 1 aliphatic rings. The number of methoxy groups -OCH3 is 1. The summed E-state index contributed by atoms with van der Waals surface area (Å²) in [5.41, 5.74) is 6.52. The van der Waals surface area contributed by atoms with Crippen LogP contribution in [0.25, 0.3) is 0 Å². The summed E-state index contributed by atoms with van der Waals surface area (Å²) in [6.45, 7) is 0.352. The molecule has 9 heteroatoms. The lowest BCUT2D eigenvalue weighted by atomic mass is 10.0. The van der Waals surface area contributed by atoms with E-state index in [4.69, 9.17) is 15.2 Å². The summed E-state index contributed by atoms with van der Waals surface area (Å²) in [6.07, 6.45) is 0.670. The first-order chi connectivity index (χ1) is 10.7. The van der Waals surface area contributed by atoms with E-state index in [0.717, 1.165) is 11.3 Å². The Morgan fingerprint density at radius 3 is 3.18 bits per heavy atom. The Hall–Kier alpha value is -2.84. The number of nitrogens with zero attached hydrogens (tertiary/aromatic N) is 4. The Labute approximate surface area is 126 Å². The second kappa shape index (κ2) is 5.88. The van der Waals surface area contributed by atoms with Gasteiger partial charge in [0, 0.05) is 5.56 Å². The SMILES string of the molecule is COc1cccc2c1OCC(NC(=O)Cn1nnnc1N)C2. The molecule has 2 heterocycles. The van der Waals surface area contributed by atoms with Crippen LogP contribution in [0.1, 0.15) is 5.56 Å². The van der Waals surface area contributed by atoms with Gasteiger partial charge in [0.2, 0.25) is 11.9 Å². The lowest BCUT2D eigenvalue weighted by Crippen LogP contribution is -2.44. The standard InChI is InChI=1S/C13H16N6O3/c1-21-10-4-2-3-8-5-9(7-22-12(8)10)15-11(20)6-19-13(14)16-17-18-19/h2-4,9H,5-7H2,1H3,(H,15,20)(H2,14,16,18). The van der Waals surface area contributed by atoms with Gasteiger partial charge in [-0.15, -0.1) is 0 Å². The summed E-state index contributed by atoms with van der Waals surface area (Å²) in [6, 6.07) is 5.57. The number of rotatable bonds is 4. The molecule has 9 nitrogen and oxygen atoms in total. The maximum Gasteiger partial charge on any atom is 0.242 e. The van der Waals surface area contributed by atoms with E-state index in [1.54, 1.807) is 7.11 Å². The molecule has 22 heavy (non-hydrogen) atoms. The van der Waals surface area contributed by atoms with Crippen LogP contribution in [0.3, 0.4) is 0 Å². The van der Waals surface area contributed by atoms with Crippen LogP contribution in [-0.4, -0.2) is 45.9 Å². The Balaban J connectivity index is 1.63. The Bertz CT molecular complexity index is 686. The maximum atomic E-state index is 12.0. The third kappa shape index (κ3) is 2.78. The fourth-order valence-corrected chi connectivity index (χ4v) is 2.38. The third-order valence-corrected chi connectivity index (χ3v) is 3.39. The number of hydrogen-bond donors (Lipinski definition) is 2. The topological polar surface area (TPSA) is 117 Å². The number of hydrogen-bond acceptors (Lipinski definition) is 7. The summed E-state index contributed by atoms with van der Waals surface area (Å²) in [7, 11) is 1.60. The van der Waals surface area contributed by atoms with Crippen LogP contribution < -0.4 is 20.5 Å². The lowest BCUT2D eigenvalue weighted by molar-refractivity contribution is -0.122. The van der Waals surface area contributed by atoms with Gasteiger partial charge in [-0.25, -0.2) is 4.68 Å². The molecular weight excluding hydrogens is 288 g/mol. The van der Waals surface area contributed by atoms with Gasteiger partial charge in [-0.2, -0.15) is 0 Å². The third-order valence-electron chi connectivity index (χ3n) is 3.39. The molecule has 1 aliphatic heterocycles. The Morgan fingerprint density at radius 2 is 2.45 bits per heavy atom. The minimum atomic E-state index is -0.223. The van der Waals surface area contributed by atoms with Crippen molar-refractivity contribution >= 4 is 11.9 Å². The van der Waals surface area contributed by atoms with Crippen LogP contribution in [-0.2, 0) is 17.8 Å². The van der Waals surface area contributed by atoms with Crippen molar-refractivity contribution in [1.82, 2.24) is 25.5 Å². The number of nitrogen functional groups attached to an aromatic ring is 1. The molecule has 1 aromatic carbocycles. The van der Waals surface area contributed by atoms with Crippen molar-refractivity contribution in [2.45, 2.75) is 19.0 Å². The second-order valence-corrected chi connectivity index (χ2v) is 4.92. The van der Waals surface area contributed by atoms with Crippen LogP contribution in [0.15, 0.2) is 18.2 Å². The molecule has 0 radical (unpaired) electrons. The quantitative estimate of drug-likeness (QED) is 0.773. The summed E-state index contributed by atoms with van der Waals surface area (Å²) in [5.74, 6) is 1.31. The van der Waals surface area contributed by atoms with Crippen molar-refractivity contribution in [3.63, 3.8) is 0 Å². The molecular formula is C13H16N6O3. The van der Waals surface area contributed by atoms with E-state index < -0.39 is 0 Å². The van der Waals surface area contributed by atoms with Gasteiger partial charge in [-0.1, -0.05) is 17.2 Å². The molecule has 0 saturated carbocycles. The number of ether oxygens (including phenoxy) is 2. The van der Waals surface area contributed by atoms with Crippen molar-refractivity contribution in [2.24, 2.45) is 0 Å².